The fourth-order valence-electron chi connectivity index (χ4n) is 3.52. The number of rotatable bonds is 4. The first-order valence-electron chi connectivity index (χ1n) is 14.7. The Morgan fingerprint density at radius 2 is 1.12 bits per heavy atom. The number of nitrogens with one attached hydrogen (secondary N) is 1. The molecule has 17 nitrogen and oxygen atoms in total. The smallest absolute Gasteiger partial charge is 0.483 e. The summed E-state index contributed by atoms with van der Waals surface area (Å²) >= 11 is 6.10. The summed E-state index contributed by atoms with van der Waals surface area (Å²) in [6.07, 6.45) is -17.1. The standard InChI is InChI=1S/C21H19ClN8O.C2F6.2C2HF3O2.2CH2O2/c22-16-5-2-1-4-15(16)20(31)26-17-14-30-18(25-17)6-7-19(27-30)28-10-12-29(13-11-28)21-23-8-3-9-24-21;3-1(4,5)2(6,7)8;2*3-2(4,5)1(6)7;2*2-1-3/h1-9,14H,10-13H2,(H,26,31);;2*(H,6,7);2*1H,(H,2,3). The topological polar surface area (TPSA) is 241 Å². The van der Waals surface area contributed by atoms with Crippen LogP contribution in [0.1, 0.15) is 10.4 Å². The quantitative estimate of drug-likeness (QED) is 0.125. The first-order chi connectivity index (χ1) is 27.1. The van der Waals surface area contributed by atoms with Crippen molar-refractivity contribution in [2.24, 2.45) is 0 Å². The third-order valence-electron chi connectivity index (χ3n) is 5.91. The molecule has 5 rings (SSSR count). The molecule has 4 heterocycles. The van der Waals surface area contributed by atoms with E-state index in [1.54, 1.807) is 47.4 Å². The molecule has 1 saturated heterocycles. The summed E-state index contributed by atoms with van der Waals surface area (Å²) in [4.78, 5) is 64.4. The Balaban J connectivity index is 0.000000980. The highest BCUT2D eigenvalue weighted by Crippen LogP contribution is 2.36. The van der Waals surface area contributed by atoms with Gasteiger partial charge in [-0.05, 0) is 30.3 Å². The van der Waals surface area contributed by atoms with Crippen molar-refractivity contribution in [3.63, 3.8) is 0 Å². The van der Waals surface area contributed by atoms with Crippen LogP contribution in [0.25, 0.3) is 5.65 Å². The number of piperazine rings is 1. The molecule has 4 aromatic rings. The van der Waals surface area contributed by atoms with E-state index in [1.807, 2.05) is 18.2 Å². The molecule has 1 aromatic carbocycles. The molecule has 1 aliphatic heterocycles. The van der Waals surface area contributed by atoms with E-state index in [-0.39, 0.29) is 18.9 Å². The van der Waals surface area contributed by atoms with E-state index in [2.05, 4.69) is 35.2 Å². The summed E-state index contributed by atoms with van der Waals surface area (Å²) in [6, 6.07) is 12.5. The lowest BCUT2D eigenvalue weighted by Crippen LogP contribution is -2.47. The highest BCUT2D eigenvalue weighted by atomic mass is 35.5. The van der Waals surface area contributed by atoms with Crippen LogP contribution in [0.3, 0.4) is 0 Å². The van der Waals surface area contributed by atoms with Crippen molar-refractivity contribution < 1.29 is 97.1 Å². The van der Waals surface area contributed by atoms with Crippen molar-refractivity contribution in [2.75, 3.05) is 41.3 Å². The van der Waals surface area contributed by atoms with Gasteiger partial charge in [-0.2, -0.15) is 52.7 Å². The Bertz CT molecular complexity index is 1900. The highest BCUT2D eigenvalue weighted by molar-refractivity contribution is 6.34. The normalized spacial score (nSPS) is 12.4. The first-order valence-corrected chi connectivity index (χ1v) is 15.1. The van der Waals surface area contributed by atoms with Crippen LogP contribution < -0.4 is 15.1 Å². The van der Waals surface area contributed by atoms with E-state index in [0.29, 0.717) is 22.1 Å². The molecular formula is C29H25ClF12N8O9. The average molecular weight is 893 g/mol. The second kappa shape index (κ2) is 23.5. The molecule has 1 aliphatic rings. The number of fused-ring (bicyclic) bond motifs is 1. The molecule has 0 saturated carbocycles. The van der Waals surface area contributed by atoms with Gasteiger partial charge in [0.1, 0.15) is 5.82 Å². The Morgan fingerprint density at radius 3 is 1.53 bits per heavy atom. The van der Waals surface area contributed by atoms with Gasteiger partial charge in [0.25, 0.3) is 18.9 Å². The summed E-state index contributed by atoms with van der Waals surface area (Å²) in [7, 11) is 0. The Morgan fingerprint density at radius 1 is 0.695 bits per heavy atom. The van der Waals surface area contributed by atoms with Crippen molar-refractivity contribution in [2.45, 2.75) is 24.7 Å². The molecule has 1 fully saturated rings. The number of hydrogen-bond donors (Lipinski definition) is 5. The number of benzene rings is 1. The summed E-state index contributed by atoms with van der Waals surface area (Å²) in [5, 5.41) is 35.9. The third kappa shape index (κ3) is 19.4. The van der Waals surface area contributed by atoms with E-state index < -0.39 is 36.6 Å². The Hall–Kier alpha value is -6.68. The van der Waals surface area contributed by atoms with Crippen LogP contribution in [0.15, 0.2) is 61.1 Å². The van der Waals surface area contributed by atoms with Gasteiger partial charge in [-0.1, -0.05) is 23.7 Å². The second-order valence-corrected chi connectivity index (χ2v) is 10.3. The van der Waals surface area contributed by atoms with Gasteiger partial charge in [0.2, 0.25) is 5.95 Å². The van der Waals surface area contributed by atoms with Crippen molar-refractivity contribution in [1.29, 1.82) is 0 Å². The first kappa shape index (κ1) is 52.3. The molecule has 3 aromatic heterocycles. The summed E-state index contributed by atoms with van der Waals surface area (Å²) < 4.78 is 128. The zero-order valence-electron chi connectivity index (χ0n) is 28.6. The monoisotopic (exact) mass is 892 g/mol. The van der Waals surface area contributed by atoms with E-state index in [9.17, 15) is 57.5 Å². The number of nitrogens with zero attached hydrogens (tertiary/aromatic N) is 7. The number of hydrogen-bond acceptors (Lipinski definition) is 11. The van der Waals surface area contributed by atoms with Crippen molar-refractivity contribution in [3.8, 4) is 0 Å². The Kier molecular flexibility index (Phi) is 20.9. The van der Waals surface area contributed by atoms with Gasteiger partial charge < -0.3 is 35.5 Å². The minimum Gasteiger partial charge on any atom is -0.483 e. The van der Waals surface area contributed by atoms with Crippen LogP contribution in [0.2, 0.25) is 5.02 Å². The van der Waals surface area contributed by atoms with Crippen LogP contribution in [-0.4, -0.2) is 127 Å². The molecule has 30 heteroatoms. The van der Waals surface area contributed by atoms with Crippen LogP contribution in [-0.2, 0) is 19.2 Å². The minimum atomic E-state index is -6.06. The molecule has 5 N–H and O–H groups in total. The van der Waals surface area contributed by atoms with Gasteiger partial charge in [-0.25, -0.2) is 29.1 Å². The number of carbonyl (C=O) groups excluding carboxylic acids is 1. The second-order valence-electron chi connectivity index (χ2n) is 9.89. The van der Waals surface area contributed by atoms with E-state index in [0.717, 1.165) is 37.9 Å². The zero-order valence-corrected chi connectivity index (χ0v) is 29.4. The van der Waals surface area contributed by atoms with Crippen molar-refractivity contribution >= 4 is 65.6 Å². The molecule has 326 valence electrons. The lowest BCUT2D eigenvalue weighted by atomic mass is 10.2. The van der Waals surface area contributed by atoms with Gasteiger partial charge in [0, 0.05) is 38.6 Å². The van der Waals surface area contributed by atoms with Gasteiger partial charge in [-0.3, -0.25) is 14.4 Å². The molecule has 59 heavy (non-hydrogen) atoms. The lowest BCUT2D eigenvalue weighted by Gasteiger charge is -2.35. The predicted octanol–water partition coefficient (Wildman–Crippen LogP) is 5.53. The number of carboxylic acids is 2. The summed E-state index contributed by atoms with van der Waals surface area (Å²) in [6.45, 7) is 2.74. The molecule has 0 aliphatic carbocycles. The number of carboxylic acid groups (broad SMARTS) is 4. The van der Waals surface area contributed by atoms with Crippen LogP contribution in [0.5, 0.6) is 0 Å². The molecule has 0 atom stereocenters. The fraction of sp³-hybridized carbons (Fsp3) is 0.276. The van der Waals surface area contributed by atoms with Crippen molar-refractivity contribution in [1.82, 2.24) is 24.6 Å². The van der Waals surface area contributed by atoms with E-state index in [1.165, 1.54) is 0 Å². The van der Waals surface area contributed by atoms with Crippen molar-refractivity contribution in [3.05, 3.63) is 71.6 Å². The Labute approximate surface area is 325 Å². The molecule has 0 bridgehead atoms. The SMILES string of the molecule is FC(F)(F)C(F)(F)F.O=C(Nc1cn2nc(N3CCN(c4ncccn4)CC3)ccc2n1)c1ccccc1Cl.O=C(O)C(F)(F)F.O=C(O)C(F)(F)F.O=CO.O=CO. The molecule has 0 spiro atoms. The highest BCUT2D eigenvalue weighted by Gasteiger charge is 2.58. The number of aromatic nitrogens is 5. The number of aliphatic carboxylic acids is 2. The van der Waals surface area contributed by atoms with Crippen LogP contribution >= 0.6 is 11.6 Å². The van der Waals surface area contributed by atoms with Gasteiger partial charge in [-0.15, -0.1) is 5.10 Å². The van der Waals surface area contributed by atoms with Gasteiger partial charge in [0.05, 0.1) is 16.8 Å². The lowest BCUT2D eigenvalue weighted by molar-refractivity contribution is -0.339. The molecule has 1 amide bonds. The average Bonchev–Trinajstić information content (AvgIpc) is 3.53. The maximum atomic E-state index is 12.5. The predicted molar refractivity (Wildman–Crippen MR) is 176 cm³/mol. The van der Waals surface area contributed by atoms with Gasteiger partial charge in [0.15, 0.2) is 11.5 Å². The van der Waals surface area contributed by atoms with E-state index in [4.69, 9.17) is 51.2 Å². The number of imidazole rings is 1. The van der Waals surface area contributed by atoms with Crippen LogP contribution in [0, 0.1) is 0 Å². The number of carbonyl (C=O) groups is 5. The van der Waals surface area contributed by atoms with Crippen LogP contribution in [0.4, 0.5) is 70.3 Å². The van der Waals surface area contributed by atoms with E-state index >= 15 is 0 Å². The third-order valence-corrected chi connectivity index (χ3v) is 6.24. The maximum absolute atomic E-state index is 12.5. The largest absolute Gasteiger partial charge is 0.490 e. The zero-order chi connectivity index (χ0) is 45.8. The van der Waals surface area contributed by atoms with Gasteiger partial charge >= 0.3 is 36.6 Å². The fourth-order valence-corrected chi connectivity index (χ4v) is 3.74. The number of alkyl halides is 12. The number of anilines is 3. The molecule has 0 unspecified atom stereocenters. The summed E-state index contributed by atoms with van der Waals surface area (Å²) in [5.41, 5.74) is 1.05. The molecule has 0 radical (unpaired) electrons. The number of halogens is 13. The number of amides is 1. The maximum Gasteiger partial charge on any atom is 0.490 e. The summed E-state index contributed by atoms with van der Waals surface area (Å²) in [5.74, 6) is -3.81. The molecular weight excluding hydrogens is 868 g/mol. The minimum absolute atomic E-state index is 0.250.